The Kier molecular flexibility index (Phi) is 2.34. The summed E-state index contributed by atoms with van der Waals surface area (Å²) in [5.41, 5.74) is 2.10. The molecule has 2 aromatic heterocycles. The topological polar surface area (TPSA) is 34.4 Å². The van der Waals surface area contributed by atoms with Crippen molar-refractivity contribution in [2.75, 3.05) is 0 Å². The zero-order chi connectivity index (χ0) is 11.9. The molecule has 0 N–H and O–H groups in total. The number of fused-ring (bicyclic) bond motifs is 1. The Morgan fingerprint density at radius 1 is 1.38 bits per heavy atom. The van der Waals surface area contributed by atoms with Gasteiger partial charge in [0.25, 0.3) is 0 Å². The summed E-state index contributed by atoms with van der Waals surface area (Å²) >= 11 is 0. The Bertz CT molecular complexity index is 547. The fraction of sp³-hybridized carbons (Fsp3) is 0.385. The van der Waals surface area contributed by atoms with E-state index in [1.54, 1.807) is 6.20 Å². The number of aryl methyl sites for hydroxylation is 1. The monoisotopic (exact) mass is 216 g/mol. The van der Waals surface area contributed by atoms with E-state index in [4.69, 9.17) is 0 Å². The van der Waals surface area contributed by atoms with Crippen LogP contribution in [0.15, 0.2) is 24.5 Å². The minimum atomic E-state index is -0.383. The normalized spacial score (nSPS) is 12.0. The van der Waals surface area contributed by atoms with Gasteiger partial charge < -0.3 is 4.40 Å². The number of carbonyl (C=O) groups is 1. The number of ketones is 1. The van der Waals surface area contributed by atoms with Crippen molar-refractivity contribution >= 4 is 11.4 Å². The van der Waals surface area contributed by atoms with E-state index in [-0.39, 0.29) is 11.2 Å². The van der Waals surface area contributed by atoms with Crippen molar-refractivity contribution in [1.29, 1.82) is 0 Å². The van der Waals surface area contributed by atoms with Crippen molar-refractivity contribution in [2.24, 2.45) is 5.41 Å². The number of imidazole rings is 1. The van der Waals surface area contributed by atoms with Crippen LogP contribution in [0, 0.1) is 12.3 Å². The fourth-order valence-corrected chi connectivity index (χ4v) is 1.65. The maximum Gasteiger partial charge on any atom is 0.188 e. The molecular weight excluding hydrogens is 200 g/mol. The second-order valence-electron chi connectivity index (χ2n) is 5.13. The molecule has 0 aromatic carbocycles. The third-order valence-electron chi connectivity index (χ3n) is 2.59. The lowest BCUT2D eigenvalue weighted by Crippen LogP contribution is -2.20. The second kappa shape index (κ2) is 3.44. The molecule has 0 aliphatic rings. The molecule has 3 heteroatoms. The first kappa shape index (κ1) is 10.9. The molecular formula is C13H16N2O. The van der Waals surface area contributed by atoms with Crippen LogP contribution in [0.2, 0.25) is 0 Å². The van der Waals surface area contributed by atoms with E-state index >= 15 is 0 Å². The summed E-state index contributed by atoms with van der Waals surface area (Å²) in [5.74, 6) is 0.0793. The predicted octanol–water partition coefficient (Wildman–Crippen LogP) is 2.87. The van der Waals surface area contributed by atoms with Crippen LogP contribution in [0.5, 0.6) is 0 Å². The van der Waals surface area contributed by atoms with Crippen molar-refractivity contribution < 1.29 is 4.79 Å². The predicted molar refractivity (Wildman–Crippen MR) is 63.7 cm³/mol. The highest BCUT2D eigenvalue weighted by Crippen LogP contribution is 2.21. The Morgan fingerprint density at radius 2 is 2.06 bits per heavy atom. The molecule has 0 aliphatic carbocycles. The summed E-state index contributed by atoms with van der Waals surface area (Å²) < 4.78 is 1.90. The molecule has 0 saturated carbocycles. The molecule has 84 valence electrons. The number of pyridine rings is 1. The van der Waals surface area contributed by atoms with Crippen LogP contribution in [0.25, 0.3) is 5.65 Å². The maximum absolute atomic E-state index is 12.1. The Balaban J connectivity index is 2.56. The zero-order valence-electron chi connectivity index (χ0n) is 10.1. The van der Waals surface area contributed by atoms with Crippen LogP contribution in [0.4, 0.5) is 0 Å². The molecule has 16 heavy (non-hydrogen) atoms. The number of Topliss-reactive ketones (excluding diaryl/α,β-unsaturated/α-hetero) is 1. The smallest absolute Gasteiger partial charge is 0.188 e. The number of carbonyl (C=O) groups excluding carboxylic acids is 1. The Hall–Kier alpha value is -1.64. The summed E-state index contributed by atoms with van der Waals surface area (Å²) in [6.07, 6.45) is 3.71. The van der Waals surface area contributed by atoms with Gasteiger partial charge in [-0.3, -0.25) is 4.79 Å². The standard InChI is InChI=1S/C13H16N2O/c1-9-6-5-7-15-8-10(14-12(9)15)11(16)13(2,3)4/h5-8H,1-4H3. The van der Waals surface area contributed by atoms with Crippen molar-refractivity contribution in [3.8, 4) is 0 Å². The molecule has 2 aromatic rings. The maximum atomic E-state index is 12.1. The summed E-state index contributed by atoms with van der Waals surface area (Å²) in [4.78, 5) is 16.5. The SMILES string of the molecule is Cc1cccn2cc(C(=O)C(C)(C)C)nc12. The van der Waals surface area contributed by atoms with Gasteiger partial charge in [0.2, 0.25) is 0 Å². The number of hydrogen-bond acceptors (Lipinski definition) is 2. The van der Waals surface area contributed by atoms with Crippen LogP contribution < -0.4 is 0 Å². The lowest BCUT2D eigenvalue weighted by atomic mass is 9.89. The molecule has 0 aliphatic heterocycles. The van der Waals surface area contributed by atoms with Gasteiger partial charge in [-0.1, -0.05) is 26.8 Å². The molecule has 2 heterocycles. The molecule has 0 spiro atoms. The first-order valence-electron chi connectivity index (χ1n) is 5.39. The van der Waals surface area contributed by atoms with Crippen LogP contribution in [-0.2, 0) is 0 Å². The van der Waals surface area contributed by atoms with Gasteiger partial charge in [-0.25, -0.2) is 4.98 Å². The van der Waals surface area contributed by atoms with Crippen molar-refractivity contribution in [1.82, 2.24) is 9.38 Å². The quantitative estimate of drug-likeness (QED) is 0.687. The molecule has 3 nitrogen and oxygen atoms in total. The fourth-order valence-electron chi connectivity index (χ4n) is 1.65. The molecule has 0 saturated heterocycles. The highest BCUT2D eigenvalue weighted by Gasteiger charge is 2.25. The first-order chi connectivity index (χ1) is 7.39. The molecule has 0 bridgehead atoms. The van der Waals surface area contributed by atoms with E-state index in [2.05, 4.69) is 4.98 Å². The molecule has 0 unspecified atom stereocenters. The molecule has 0 fully saturated rings. The zero-order valence-corrected chi connectivity index (χ0v) is 10.1. The third kappa shape index (κ3) is 1.73. The van der Waals surface area contributed by atoms with E-state index in [1.165, 1.54) is 0 Å². The van der Waals surface area contributed by atoms with Crippen LogP contribution in [0.3, 0.4) is 0 Å². The van der Waals surface area contributed by atoms with E-state index in [1.807, 2.05) is 50.4 Å². The molecule has 0 atom stereocenters. The van der Waals surface area contributed by atoms with Crippen LogP contribution in [0.1, 0.15) is 36.8 Å². The first-order valence-corrected chi connectivity index (χ1v) is 5.39. The van der Waals surface area contributed by atoms with Crippen LogP contribution >= 0.6 is 0 Å². The van der Waals surface area contributed by atoms with Crippen molar-refractivity contribution in [2.45, 2.75) is 27.7 Å². The third-order valence-corrected chi connectivity index (χ3v) is 2.59. The summed E-state index contributed by atoms with van der Waals surface area (Å²) in [6.45, 7) is 7.72. The molecule has 0 amide bonds. The number of aromatic nitrogens is 2. The van der Waals surface area contributed by atoms with E-state index < -0.39 is 0 Å². The van der Waals surface area contributed by atoms with Gasteiger partial charge >= 0.3 is 0 Å². The van der Waals surface area contributed by atoms with Crippen molar-refractivity contribution in [3.05, 3.63) is 35.8 Å². The number of rotatable bonds is 1. The number of nitrogens with zero attached hydrogens (tertiary/aromatic N) is 2. The minimum Gasteiger partial charge on any atom is -0.306 e. The highest BCUT2D eigenvalue weighted by atomic mass is 16.1. The van der Waals surface area contributed by atoms with Gasteiger partial charge in [0.15, 0.2) is 5.78 Å². The summed E-state index contributed by atoms with van der Waals surface area (Å²) in [6, 6.07) is 3.95. The van der Waals surface area contributed by atoms with Gasteiger partial charge in [-0.2, -0.15) is 0 Å². The summed E-state index contributed by atoms with van der Waals surface area (Å²) in [7, 11) is 0. The van der Waals surface area contributed by atoms with E-state index in [9.17, 15) is 4.79 Å². The van der Waals surface area contributed by atoms with Gasteiger partial charge in [0, 0.05) is 17.8 Å². The highest BCUT2D eigenvalue weighted by molar-refractivity contribution is 5.98. The lowest BCUT2D eigenvalue weighted by Gasteiger charge is -2.13. The second-order valence-corrected chi connectivity index (χ2v) is 5.13. The van der Waals surface area contributed by atoms with E-state index in [0.29, 0.717) is 5.69 Å². The average molecular weight is 216 g/mol. The van der Waals surface area contributed by atoms with Gasteiger partial charge in [-0.05, 0) is 18.6 Å². The van der Waals surface area contributed by atoms with Gasteiger partial charge in [0.1, 0.15) is 11.3 Å². The molecule has 0 radical (unpaired) electrons. The van der Waals surface area contributed by atoms with Gasteiger partial charge in [0.05, 0.1) is 0 Å². The average Bonchev–Trinajstić information content (AvgIpc) is 2.60. The van der Waals surface area contributed by atoms with Crippen molar-refractivity contribution in [3.63, 3.8) is 0 Å². The minimum absolute atomic E-state index is 0.0793. The van der Waals surface area contributed by atoms with E-state index in [0.717, 1.165) is 11.2 Å². The van der Waals surface area contributed by atoms with Crippen LogP contribution in [-0.4, -0.2) is 15.2 Å². The Morgan fingerprint density at radius 3 is 2.62 bits per heavy atom. The largest absolute Gasteiger partial charge is 0.306 e. The lowest BCUT2D eigenvalue weighted by molar-refractivity contribution is 0.0853. The van der Waals surface area contributed by atoms with Gasteiger partial charge in [-0.15, -0.1) is 0 Å². The molecule has 2 rings (SSSR count). The Labute approximate surface area is 95.1 Å². The summed E-state index contributed by atoms with van der Waals surface area (Å²) in [5, 5.41) is 0. The number of hydrogen-bond donors (Lipinski definition) is 0.